The quantitative estimate of drug-likeness (QED) is 0.234. The maximum Gasteiger partial charge on any atom is 0.229 e. The van der Waals surface area contributed by atoms with Crippen molar-refractivity contribution < 1.29 is 58.6 Å². The molecule has 1 fully saturated rings. The van der Waals surface area contributed by atoms with E-state index in [0.717, 1.165) is 6.08 Å². The van der Waals surface area contributed by atoms with Crippen molar-refractivity contribution in [3.05, 3.63) is 99.3 Å². The summed E-state index contributed by atoms with van der Waals surface area (Å²) in [6, 6.07) is 10.8. The number of hydrogen-bond donors (Lipinski definition) is 5. The number of methoxy groups -OCH3 is 2. The Morgan fingerprint density at radius 3 is 2.14 bits per heavy atom. The number of aryl methyl sites for hydroxylation is 2. The number of carbonyl (C=O) groups excluding carboxylic acids is 4. The molecule has 0 spiro atoms. The van der Waals surface area contributed by atoms with Gasteiger partial charge in [0.15, 0.2) is 17.3 Å². The van der Waals surface area contributed by atoms with E-state index >= 15 is 0 Å². The van der Waals surface area contributed by atoms with E-state index in [1.54, 1.807) is 26.0 Å². The minimum Gasteiger partial charge on any atom is -0.496 e. The zero-order valence-corrected chi connectivity index (χ0v) is 26.8. The van der Waals surface area contributed by atoms with E-state index in [9.17, 15) is 39.6 Å². The van der Waals surface area contributed by atoms with E-state index in [4.69, 9.17) is 18.9 Å². The van der Waals surface area contributed by atoms with Crippen molar-refractivity contribution in [1.29, 1.82) is 0 Å². The lowest BCUT2D eigenvalue weighted by Gasteiger charge is -2.39. The monoisotopic (exact) mass is 671 g/mol. The van der Waals surface area contributed by atoms with Gasteiger partial charge in [0, 0.05) is 34.0 Å². The Kier molecular flexibility index (Phi) is 8.96. The molecule has 6 rings (SSSR count). The lowest BCUT2D eigenvalue weighted by atomic mass is 9.80. The SMILES string of the molecule is COc1cc(C)cc2c1C(=O)C=C(c1c(C)cc3c(c1OC)C(=O)C(Nc1ccc(O[C@@H]4O[C@H](CO)[C@@H](O)[C@H](O)[C@H]4O)cc1)=CC3=O)C2=O. The highest BCUT2D eigenvalue weighted by Gasteiger charge is 2.45. The van der Waals surface area contributed by atoms with Crippen LogP contribution < -0.4 is 19.5 Å². The number of ketones is 4. The van der Waals surface area contributed by atoms with E-state index in [-0.39, 0.29) is 56.3 Å². The average molecular weight is 672 g/mol. The van der Waals surface area contributed by atoms with Crippen LogP contribution in [0.15, 0.2) is 60.3 Å². The van der Waals surface area contributed by atoms with Crippen molar-refractivity contribution in [2.24, 2.45) is 0 Å². The van der Waals surface area contributed by atoms with Gasteiger partial charge in [-0.25, -0.2) is 0 Å². The van der Waals surface area contributed by atoms with Crippen LogP contribution in [0.2, 0.25) is 0 Å². The molecule has 254 valence electrons. The number of Topliss-reactive ketones (excluding diaryl/α,β-unsaturated/α-hetero) is 2. The Morgan fingerprint density at radius 2 is 1.49 bits per heavy atom. The van der Waals surface area contributed by atoms with Crippen molar-refractivity contribution in [2.45, 2.75) is 44.6 Å². The molecule has 1 heterocycles. The summed E-state index contributed by atoms with van der Waals surface area (Å²) in [6.07, 6.45) is -4.94. The van der Waals surface area contributed by atoms with Gasteiger partial charge in [-0.3, -0.25) is 19.2 Å². The van der Waals surface area contributed by atoms with Crippen molar-refractivity contribution in [3.8, 4) is 17.2 Å². The molecule has 0 amide bonds. The third-order valence-corrected chi connectivity index (χ3v) is 8.68. The number of nitrogens with one attached hydrogen (secondary N) is 1. The van der Waals surface area contributed by atoms with Crippen LogP contribution in [0.1, 0.15) is 58.1 Å². The van der Waals surface area contributed by atoms with Gasteiger partial charge in [0.05, 0.1) is 37.7 Å². The fraction of sp³-hybridized carbons (Fsp3) is 0.278. The predicted molar refractivity (Wildman–Crippen MR) is 173 cm³/mol. The Labute approximate surface area is 280 Å². The number of rotatable bonds is 8. The molecule has 0 aromatic heterocycles. The highest BCUT2D eigenvalue weighted by molar-refractivity contribution is 6.40. The van der Waals surface area contributed by atoms with Crippen molar-refractivity contribution >= 4 is 34.4 Å². The summed E-state index contributed by atoms with van der Waals surface area (Å²) in [5, 5.41) is 42.6. The van der Waals surface area contributed by atoms with Crippen LogP contribution >= 0.6 is 0 Å². The number of hydrogen-bond acceptors (Lipinski definition) is 13. The van der Waals surface area contributed by atoms with Gasteiger partial charge in [-0.15, -0.1) is 0 Å². The van der Waals surface area contributed by atoms with Crippen LogP contribution in [-0.2, 0) is 4.74 Å². The van der Waals surface area contributed by atoms with Gasteiger partial charge in [-0.05, 0) is 73.5 Å². The average Bonchev–Trinajstić information content (AvgIpc) is 3.08. The number of aliphatic hydroxyl groups is 4. The summed E-state index contributed by atoms with van der Waals surface area (Å²) in [4.78, 5) is 54.5. The van der Waals surface area contributed by atoms with Crippen LogP contribution in [-0.4, -0.2) is 95.1 Å². The highest BCUT2D eigenvalue weighted by atomic mass is 16.7. The number of aliphatic hydroxyl groups excluding tert-OH is 4. The topological polar surface area (TPSA) is 198 Å². The normalized spacial score (nSPS) is 23.3. The van der Waals surface area contributed by atoms with Crippen LogP contribution in [0, 0.1) is 13.8 Å². The molecule has 3 aromatic rings. The Morgan fingerprint density at radius 1 is 0.776 bits per heavy atom. The van der Waals surface area contributed by atoms with Crippen LogP contribution in [0.25, 0.3) is 5.57 Å². The summed E-state index contributed by atoms with van der Waals surface area (Å²) in [5.41, 5.74) is 1.97. The maximum absolute atomic E-state index is 14.0. The summed E-state index contributed by atoms with van der Waals surface area (Å²) in [5.74, 6) is -1.57. The number of allylic oxidation sites excluding steroid dienone is 4. The summed E-state index contributed by atoms with van der Waals surface area (Å²) >= 11 is 0. The number of ether oxygens (including phenoxy) is 4. The minimum absolute atomic E-state index is 0.0154. The molecule has 3 aromatic carbocycles. The molecule has 0 saturated carbocycles. The first kappa shape index (κ1) is 33.7. The standard InChI is InChI=1S/C36H33NO12/c1-15-9-20-28(25(10-15)46-3)24(40)12-21(30(20)41)27-16(2)11-19-23(39)13-22(31(42)29(19)35(27)47-4)37-17-5-7-18(8-6-17)48-36-34(45)33(44)32(43)26(14-38)49-36/h5-13,26,32-34,36-38,43-45H,14H2,1-4H3/t26-,32-,33+,34-,36-/m1/s1. The molecule has 49 heavy (non-hydrogen) atoms. The van der Waals surface area contributed by atoms with Gasteiger partial charge in [0.25, 0.3) is 0 Å². The number of anilines is 1. The van der Waals surface area contributed by atoms with Crippen LogP contribution in [0.5, 0.6) is 17.2 Å². The van der Waals surface area contributed by atoms with Crippen LogP contribution in [0.4, 0.5) is 5.69 Å². The van der Waals surface area contributed by atoms with Crippen molar-refractivity contribution in [1.82, 2.24) is 0 Å². The first-order valence-corrected chi connectivity index (χ1v) is 15.2. The third-order valence-electron chi connectivity index (χ3n) is 8.68. The molecule has 3 aliphatic rings. The van der Waals surface area contributed by atoms with Gasteiger partial charge < -0.3 is 44.7 Å². The largest absolute Gasteiger partial charge is 0.496 e. The summed E-state index contributed by atoms with van der Waals surface area (Å²) in [6.45, 7) is 2.82. The zero-order valence-electron chi connectivity index (χ0n) is 26.8. The first-order valence-electron chi connectivity index (χ1n) is 15.2. The molecule has 0 bridgehead atoms. The lowest BCUT2D eigenvalue weighted by molar-refractivity contribution is -0.277. The van der Waals surface area contributed by atoms with Gasteiger partial charge in [0.1, 0.15) is 41.7 Å². The Balaban J connectivity index is 1.29. The number of fused-ring (bicyclic) bond motifs is 2. The second kappa shape index (κ2) is 13.0. The lowest BCUT2D eigenvalue weighted by Crippen LogP contribution is -2.60. The van der Waals surface area contributed by atoms with Gasteiger partial charge in [-0.2, -0.15) is 0 Å². The van der Waals surface area contributed by atoms with E-state index < -0.39 is 60.4 Å². The molecule has 1 saturated heterocycles. The van der Waals surface area contributed by atoms with Gasteiger partial charge >= 0.3 is 0 Å². The molecule has 13 heteroatoms. The van der Waals surface area contributed by atoms with Crippen molar-refractivity contribution in [2.75, 3.05) is 26.1 Å². The number of benzene rings is 3. The van der Waals surface area contributed by atoms with Crippen molar-refractivity contribution in [3.63, 3.8) is 0 Å². The second-order valence-electron chi connectivity index (χ2n) is 11.9. The molecule has 0 radical (unpaired) electrons. The van der Waals surface area contributed by atoms with E-state index in [1.165, 1.54) is 50.6 Å². The molecular weight excluding hydrogens is 638 g/mol. The van der Waals surface area contributed by atoms with Crippen LogP contribution in [0.3, 0.4) is 0 Å². The van der Waals surface area contributed by atoms with E-state index in [2.05, 4.69) is 5.32 Å². The van der Waals surface area contributed by atoms with E-state index in [1.807, 2.05) is 0 Å². The fourth-order valence-corrected chi connectivity index (χ4v) is 6.27. The first-order chi connectivity index (χ1) is 23.4. The van der Waals surface area contributed by atoms with E-state index in [0.29, 0.717) is 16.8 Å². The molecule has 1 aliphatic heterocycles. The zero-order chi connectivity index (χ0) is 35.3. The summed E-state index contributed by atoms with van der Waals surface area (Å²) in [7, 11) is 2.73. The molecular formula is C36H33NO12. The molecule has 2 aliphatic carbocycles. The molecule has 5 atom stereocenters. The molecule has 5 N–H and O–H groups in total. The van der Waals surface area contributed by atoms with Gasteiger partial charge in [-0.1, -0.05) is 0 Å². The summed E-state index contributed by atoms with van der Waals surface area (Å²) < 4.78 is 22.1. The molecule has 13 nitrogen and oxygen atoms in total. The fourth-order valence-electron chi connectivity index (χ4n) is 6.27. The Hall–Kier alpha value is -5.18. The Bertz CT molecular complexity index is 1960. The number of carbonyl (C=O) groups is 4. The van der Waals surface area contributed by atoms with Gasteiger partial charge in [0.2, 0.25) is 12.1 Å². The predicted octanol–water partition coefficient (Wildman–Crippen LogP) is 2.34. The third kappa shape index (κ3) is 5.81. The second-order valence-corrected chi connectivity index (χ2v) is 11.9. The maximum atomic E-state index is 14.0. The minimum atomic E-state index is -1.61. The molecule has 0 unspecified atom stereocenters. The smallest absolute Gasteiger partial charge is 0.229 e. The highest BCUT2D eigenvalue weighted by Crippen LogP contribution is 2.42.